The van der Waals surface area contributed by atoms with Crippen LogP contribution in [-0.2, 0) is 0 Å². The first-order valence-corrected chi connectivity index (χ1v) is 5.36. The second-order valence-corrected chi connectivity index (χ2v) is 3.90. The summed E-state index contributed by atoms with van der Waals surface area (Å²) in [5.41, 5.74) is 1.30. The topological polar surface area (TPSA) is 42.0 Å². The predicted molar refractivity (Wildman–Crippen MR) is 62.7 cm³/mol. The number of aromatic nitrogens is 1. The van der Waals surface area contributed by atoms with Crippen LogP contribution in [0.25, 0.3) is 0 Å². The van der Waals surface area contributed by atoms with Gasteiger partial charge in [-0.25, -0.2) is 0 Å². The lowest BCUT2D eigenvalue weighted by atomic mass is 10.0. The van der Waals surface area contributed by atoms with Gasteiger partial charge in [0.1, 0.15) is 5.69 Å². The number of hydrogen-bond acceptors (Lipinski definition) is 2. The molecule has 0 bridgehead atoms. The molecule has 0 spiro atoms. The van der Waals surface area contributed by atoms with E-state index in [0.29, 0.717) is 11.6 Å². The number of amides is 1. The van der Waals surface area contributed by atoms with Crippen LogP contribution in [0.3, 0.4) is 0 Å². The van der Waals surface area contributed by atoms with Crippen molar-refractivity contribution >= 4 is 5.91 Å². The lowest BCUT2D eigenvalue weighted by Crippen LogP contribution is -2.23. The minimum Gasteiger partial charge on any atom is -0.321 e. The molecule has 1 aromatic heterocycles. The molecule has 82 valence electrons. The zero-order chi connectivity index (χ0) is 11.4. The molecule has 0 aromatic carbocycles. The number of allylic oxidation sites excluding steroid dienone is 3. The van der Waals surface area contributed by atoms with Crippen LogP contribution in [0.4, 0.5) is 0 Å². The minimum absolute atomic E-state index is 0.161. The van der Waals surface area contributed by atoms with Gasteiger partial charge in [0.25, 0.3) is 5.91 Å². The number of hydrogen-bond donors (Lipinski definition) is 1. The van der Waals surface area contributed by atoms with Crippen LogP contribution >= 0.6 is 0 Å². The first kappa shape index (κ1) is 10.6. The van der Waals surface area contributed by atoms with Crippen LogP contribution in [0.1, 0.15) is 23.8 Å². The summed E-state index contributed by atoms with van der Waals surface area (Å²) in [5, 5.41) is 2.83. The molecule has 1 amide bonds. The van der Waals surface area contributed by atoms with E-state index in [1.165, 1.54) is 0 Å². The van der Waals surface area contributed by atoms with Gasteiger partial charge in [-0.2, -0.15) is 0 Å². The third-order valence-electron chi connectivity index (χ3n) is 2.47. The molecule has 0 aliphatic heterocycles. The van der Waals surface area contributed by atoms with E-state index in [1.807, 2.05) is 12.2 Å². The number of nitrogens with one attached hydrogen (secondary N) is 1. The van der Waals surface area contributed by atoms with Crippen LogP contribution in [0.5, 0.6) is 0 Å². The molecule has 2 rings (SSSR count). The van der Waals surface area contributed by atoms with Crippen LogP contribution in [0.15, 0.2) is 48.3 Å². The third-order valence-corrected chi connectivity index (χ3v) is 2.47. The highest BCUT2D eigenvalue weighted by molar-refractivity contribution is 5.93. The maximum atomic E-state index is 11.7. The Morgan fingerprint density at radius 2 is 2.38 bits per heavy atom. The van der Waals surface area contributed by atoms with Crippen molar-refractivity contribution in [1.29, 1.82) is 0 Å². The van der Waals surface area contributed by atoms with E-state index in [-0.39, 0.29) is 5.91 Å². The summed E-state index contributed by atoms with van der Waals surface area (Å²) in [6.07, 6.45) is 8.64. The third kappa shape index (κ3) is 2.57. The minimum atomic E-state index is -0.161. The molecule has 1 N–H and O–H groups in total. The van der Waals surface area contributed by atoms with Gasteiger partial charge in [0.15, 0.2) is 0 Å². The van der Waals surface area contributed by atoms with Gasteiger partial charge in [-0.3, -0.25) is 9.78 Å². The van der Waals surface area contributed by atoms with E-state index in [2.05, 4.69) is 23.3 Å². The van der Waals surface area contributed by atoms with Crippen molar-refractivity contribution in [3.8, 4) is 0 Å². The molecule has 0 saturated heterocycles. The van der Waals surface area contributed by atoms with Crippen molar-refractivity contribution in [2.75, 3.05) is 0 Å². The predicted octanol–water partition coefficient (Wildman–Crippen LogP) is 2.29. The fourth-order valence-electron chi connectivity index (χ4n) is 1.51. The van der Waals surface area contributed by atoms with Crippen LogP contribution in [0.2, 0.25) is 0 Å². The van der Waals surface area contributed by atoms with E-state index in [0.717, 1.165) is 12.1 Å². The number of carbonyl (C=O) groups is 1. The number of nitrogens with zero attached hydrogens (tertiary/aromatic N) is 1. The summed E-state index contributed by atoms with van der Waals surface area (Å²) in [5.74, 6) is 0.390. The van der Waals surface area contributed by atoms with Crippen molar-refractivity contribution in [3.63, 3.8) is 0 Å². The largest absolute Gasteiger partial charge is 0.321 e. The van der Waals surface area contributed by atoms with Gasteiger partial charge in [0, 0.05) is 11.9 Å². The summed E-state index contributed by atoms with van der Waals surface area (Å²) in [4.78, 5) is 15.7. The van der Waals surface area contributed by atoms with Crippen LogP contribution in [0, 0.1) is 5.92 Å². The smallest absolute Gasteiger partial charge is 0.274 e. The van der Waals surface area contributed by atoms with E-state index < -0.39 is 0 Å². The van der Waals surface area contributed by atoms with E-state index in [1.54, 1.807) is 24.4 Å². The molecule has 1 aromatic rings. The fraction of sp³-hybridized carbons (Fsp3) is 0.231. The van der Waals surface area contributed by atoms with Gasteiger partial charge in [-0.1, -0.05) is 25.1 Å². The quantitative estimate of drug-likeness (QED) is 0.820. The number of rotatable bonds is 2. The molecule has 1 heterocycles. The summed E-state index contributed by atoms with van der Waals surface area (Å²) >= 11 is 0. The van der Waals surface area contributed by atoms with Crippen LogP contribution < -0.4 is 5.32 Å². The molecule has 3 heteroatoms. The molecule has 1 atom stereocenters. The van der Waals surface area contributed by atoms with Crippen molar-refractivity contribution in [3.05, 3.63) is 54.0 Å². The van der Waals surface area contributed by atoms with E-state index in [9.17, 15) is 4.79 Å². The molecular formula is C13H14N2O. The molecule has 1 unspecified atom stereocenters. The molecule has 1 aliphatic rings. The molecule has 0 radical (unpaired) electrons. The number of pyridine rings is 1. The monoisotopic (exact) mass is 214 g/mol. The van der Waals surface area contributed by atoms with Gasteiger partial charge >= 0.3 is 0 Å². The van der Waals surface area contributed by atoms with Crippen molar-refractivity contribution in [2.24, 2.45) is 5.92 Å². The SMILES string of the molecule is CC1C=CC(NC(=O)c2ccccn2)=CC1. The molecule has 1 aliphatic carbocycles. The Morgan fingerprint density at radius 1 is 1.50 bits per heavy atom. The zero-order valence-electron chi connectivity index (χ0n) is 9.18. The van der Waals surface area contributed by atoms with Gasteiger partial charge in [-0.05, 0) is 30.5 Å². The van der Waals surface area contributed by atoms with Gasteiger partial charge < -0.3 is 5.32 Å². The summed E-state index contributed by atoms with van der Waals surface area (Å²) in [6, 6.07) is 5.29. The highest BCUT2D eigenvalue weighted by Gasteiger charge is 2.09. The normalized spacial score (nSPS) is 19.1. The zero-order valence-corrected chi connectivity index (χ0v) is 9.18. The lowest BCUT2D eigenvalue weighted by molar-refractivity contribution is 0.0962. The van der Waals surface area contributed by atoms with Crippen molar-refractivity contribution < 1.29 is 4.79 Å². The van der Waals surface area contributed by atoms with Gasteiger partial charge in [0.2, 0.25) is 0 Å². The summed E-state index contributed by atoms with van der Waals surface area (Å²) < 4.78 is 0. The summed E-state index contributed by atoms with van der Waals surface area (Å²) in [6.45, 7) is 2.14. The Labute approximate surface area is 94.9 Å². The van der Waals surface area contributed by atoms with Crippen molar-refractivity contribution in [2.45, 2.75) is 13.3 Å². The molecule has 0 fully saturated rings. The highest BCUT2D eigenvalue weighted by atomic mass is 16.1. The average Bonchev–Trinajstić information content (AvgIpc) is 2.33. The molecule has 0 saturated carbocycles. The first-order valence-electron chi connectivity index (χ1n) is 5.36. The van der Waals surface area contributed by atoms with Crippen LogP contribution in [-0.4, -0.2) is 10.9 Å². The highest BCUT2D eigenvalue weighted by Crippen LogP contribution is 2.13. The Morgan fingerprint density at radius 3 is 3.00 bits per heavy atom. The van der Waals surface area contributed by atoms with E-state index >= 15 is 0 Å². The molecule has 16 heavy (non-hydrogen) atoms. The molecule has 3 nitrogen and oxygen atoms in total. The molecular weight excluding hydrogens is 200 g/mol. The maximum Gasteiger partial charge on any atom is 0.274 e. The van der Waals surface area contributed by atoms with Crippen molar-refractivity contribution in [1.82, 2.24) is 10.3 Å². The van der Waals surface area contributed by atoms with E-state index in [4.69, 9.17) is 0 Å². The number of carbonyl (C=O) groups excluding carboxylic acids is 1. The first-order chi connectivity index (χ1) is 7.75. The second-order valence-electron chi connectivity index (χ2n) is 3.90. The Bertz CT molecular complexity index is 435. The Hall–Kier alpha value is -1.90. The fourth-order valence-corrected chi connectivity index (χ4v) is 1.51. The second kappa shape index (κ2) is 4.75. The average molecular weight is 214 g/mol. The van der Waals surface area contributed by atoms with Gasteiger partial charge in [-0.15, -0.1) is 0 Å². The Balaban J connectivity index is 2.02. The maximum absolute atomic E-state index is 11.7. The Kier molecular flexibility index (Phi) is 3.15. The standard InChI is InChI=1S/C13H14N2O/c1-10-5-7-11(8-6-10)15-13(16)12-4-2-3-9-14-12/h2-5,7-10H,6H2,1H3,(H,15,16). The lowest BCUT2D eigenvalue weighted by Gasteiger charge is -2.12. The summed E-state index contributed by atoms with van der Waals surface area (Å²) in [7, 11) is 0. The van der Waals surface area contributed by atoms with Gasteiger partial charge in [0.05, 0.1) is 0 Å².